The Hall–Kier alpha value is -1.82. The molecular weight excluding hydrogens is 951 g/mol. The molecule has 0 saturated carbocycles. The van der Waals surface area contributed by atoms with Crippen molar-refractivity contribution in [2.24, 2.45) is 0 Å². The van der Waals surface area contributed by atoms with Gasteiger partial charge in [0.1, 0.15) is 0 Å². The van der Waals surface area contributed by atoms with Crippen LogP contribution in [0, 0.1) is 13.8 Å². The molecule has 0 unspecified atom stereocenters. The van der Waals surface area contributed by atoms with E-state index in [1.165, 1.54) is 251 Å². The standard InChI is InChI=1S/C32H44N2.2C18H37.Pd/c1-6-11-14-26-17-24(9-4)19-29(21-26)31-23-28(16-13-8-3)32(34(31)33)30-20-25(10-5)18-27(22-30)15-12-7-2;2*1-3-5-7-9-11-13-15-17-18-16-14-12-10-8-6-4-2;/h17-23H,6-16H2,1-5H3;2*1,3-18H2,2H3;/q;2*-1;+2. The first kappa shape index (κ1) is 69.2. The number of benzene rings is 2. The summed E-state index contributed by atoms with van der Waals surface area (Å²) in [6.07, 6.45) is 60.2. The van der Waals surface area contributed by atoms with Crippen molar-refractivity contribution in [3.8, 4) is 0 Å². The van der Waals surface area contributed by atoms with Gasteiger partial charge >= 0.3 is 20.4 Å². The molecule has 0 aromatic heterocycles. The summed E-state index contributed by atoms with van der Waals surface area (Å²) in [7, 11) is 0. The van der Waals surface area contributed by atoms with Crippen LogP contribution in [0.4, 0.5) is 0 Å². The van der Waals surface area contributed by atoms with Crippen molar-refractivity contribution < 1.29 is 25.1 Å². The third kappa shape index (κ3) is 35.1. The molecule has 0 amide bonds. The van der Waals surface area contributed by atoms with Crippen molar-refractivity contribution >= 4 is 11.4 Å². The second kappa shape index (κ2) is 50.3. The predicted octanol–water partition coefficient (Wildman–Crippen LogP) is 23.6. The smallest absolute Gasteiger partial charge is 0.493 e. The number of allylic oxidation sites excluding steroid dienone is 2. The van der Waals surface area contributed by atoms with Gasteiger partial charge in [-0.1, -0.05) is 272 Å². The molecule has 1 heterocycles. The zero-order valence-electron chi connectivity index (χ0n) is 48.6. The minimum atomic E-state index is 0. The van der Waals surface area contributed by atoms with E-state index in [1.54, 1.807) is 0 Å². The largest absolute Gasteiger partial charge is 2.00 e. The quantitative estimate of drug-likeness (QED) is 0.0274. The fourth-order valence-electron chi connectivity index (χ4n) is 9.99. The Labute approximate surface area is 459 Å². The molecule has 0 aliphatic carbocycles. The van der Waals surface area contributed by atoms with Gasteiger partial charge in [0, 0.05) is 22.8 Å². The molecule has 2 nitrogen and oxygen atoms in total. The van der Waals surface area contributed by atoms with E-state index in [0.717, 1.165) is 80.3 Å². The monoisotopic (exact) mass is 1070 g/mol. The second-order valence-electron chi connectivity index (χ2n) is 21.4. The molecule has 3 heteroatoms. The van der Waals surface area contributed by atoms with Crippen LogP contribution in [0.3, 0.4) is 0 Å². The number of nitrogens with zero attached hydrogens (tertiary/aromatic N) is 2. The van der Waals surface area contributed by atoms with Gasteiger partial charge in [0.2, 0.25) is 11.4 Å². The molecule has 0 atom stereocenters. The van der Waals surface area contributed by atoms with Crippen molar-refractivity contribution in [1.29, 1.82) is 0 Å². The zero-order valence-corrected chi connectivity index (χ0v) is 50.1. The maximum Gasteiger partial charge on any atom is 2.00 e. The normalized spacial score (nSPS) is 12.1. The third-order valence-electron chi connectivity index (χ3n) is 14.7. The van der Waals surface area contributed by atoms with Gasteiger partial charge < -0.3 is 19.4 Å². The Morgan fingerprint density at radius 2 is 0.620 bits per heavy atom. The van der Waals surface area contributed by atoms with Crippen LogP contribution in [0.15, 0.2) is 48.0 Å². The molecule has 0 fully saturated rings. The van der Waals surface area contributed by atoms with E-state index < -0.39 is 0 Å². The average molecular weight is 1070 g/mol. The van der Waals surface area contributed by atoms with Crippen LogP contribution in [-0.2, 0) is 46.1 Å². The molecule has 0 bridgehead atoms. The van der Waals surface area contributed by atoms with Crippen molar-refractivity contribution in [2.45, 2.75) is 325 Å². The molecule has 0 N–H and O–H groups in total. The number of rotatable bonds is 43. The van der Waals surface area contributed by atoms with Gasteiger partial charge in [-0.25, -0.2) is 4.70 Å². The molecule has 2 aromatic carbocycles. The van der Waals surface area contributed by atoms with Crippen LogP contribution >= 0.6 is 0 Å². The van der Waals surface area contributed by atoms with E-state index in [0.29, 0.717) is 0 Å². The first-order valence-corrected chi connectivity index (χ1v) is 31.2. The number of hydrogen-bond donors (Lipinski definition) is 0. The fourth-order valence-corrected chi connectivity index (χ4v) is 9.99. The average Bonchev–Trinajstić information content (AvgIpc) is 3.72. The van der Waals surface area contributed by atoms with E-state index in [1.807, 2.05) is 0 Å². The van der Waals surface area contributed by atoms with Crippen molar-refractivity contribution in [3.05, 3.63) is 101 Å². The van der Waals surface area contributed by atoms with Gasteiger partial charge in [-0.05, 0) is 97.9 Å². The summed E-state index contributed by atoms with van der Waals surface area (Å²) in [5.41, 5.74) is 22.5. The second-order valence-corrected chi connectivity index (χ2v) is 21.4. The molecule has 3 rings (SSSR count). The van der Waals surface area contributed by atoms with Crippen molar-refractivity contribution in [1.82, 2.24) is 0 Å². The topological polar surface area (TPSA) is 25.3 Å². The molecular formula is C68H118N2Pd. The molecule has 71 heavy (non-hydrogen) atoms. The molecule has 0 spiro atoms. The fraction of sp³-hybridized carbons (Fsp3) is 0.735. The van der Waals surface area contributed by atoms with E-state index in [2.05, 4.69) is 105 Å². The Morgan fingerprint density at radius 1 is 0.338 bits per heavy atom. The molecule has 410 valence electrons. The van der Waals surface area contributed by atoms with E-state index in [-0.39, 0.29) is 20.4 Å². The van der Waals surface area contributed by atoms with E-state index in [9.17, 15) is 5.53 Å². The van der Waals surface area contributed by atoms with Crippen LogP contribution in [0.2, 0.25) is 0 Å². The first-order valence-electron chi connectivity index (χ1n) is 31.2. The summed E-state index contributed by atoms with van der Waals surface area (Å²) < 4.78 is 1.49. The maximum absolute atomic E-state index is 11.6. The third-order valence-corrected chi connectivity index (χ3v) is 14.7. The molecule has 1 aliphatic heterocycles. The van der Waals surface area contributed by atoms with E-state index in [4.69, 9.17) is 0 Å². The molecule has 2 aromatic rings. The van der Waals surface area contributed by atoms with Crippen LogP contribution in [0.1, 0.15) is 332 Å². The summed E-state index contributed by atoms with van der Waals surface area (Å²) in [5.74, 6) is 0. The van der Waals surface area contributed by atoms with Gasteiger partial charge in [0.25, 0.3) is 0 Å². The Morgan fingerprint density at radius 3 is 0.944 bits per heavy atom. The van der Waals surface area contributed by atoms with Crippen LogP contribution < -0.4 is 0 Å². The van der Waals surface area contributed by atoms with Crippen molar-refractivity contribution in [2.75, 3.05) is 0 Å². The Balaban J connectivity index is 0.00000113. The number of hydrogen-bond acceptors (Lipinski definition) is 0. The number of aryl methyl sites for hydroxylation is 4. The minimum Gasteiger partial charge on any atom is -0.493 e. The summed E-state index contributed by atoms with van der Waals surface area (Å²) in [6.45, 7) is 23.5. The van der Waals surface area contributed by atoms with E-state index >= 15 is 0 Å². The van der Waals surface area contributed by atoms with Crippen LogP contribution in [-0.4, -0.2) is 4.70 Å². The Bertz CT molecular complexity index is 1520. The molecule has 0 radical (unpaired) electrons. The van der Waals surface area contributed by atoms with Gasteiger partial charge in [0.15, 0.2) is 0 Å². The van der Waals surface area contributed by atoms with Gasteiger partial charge in [0.05, 0.1) is 0 Å². The predicted molar refractivity (Wildman–Crippen MR) is 317 cm³/mol. The summed E-state index contributed by atoms with van der Waals surface area (Å²) >= 11 is 0. The van der Waals surface area contributed by atoms with Crippen LogP contribution in [0.25, 0.3) is 16.9 Å². The minimum absolute atomic E-state index is 0. The van der Waals surface area contributed by atoms with Crippen molar-refractivity contribution in [3.63, 3.8) is 0 Å². The zero-order chi connectivity index (χ0) is 51.1. The Kier molecular flexibility index (Phi) is 49.1. The summed E-state index contributed by atoms with van der Waals surface area (Å²) in [6, 6.07) is 13.8. The number of unbranched alkanes of at least 4 members (excludes halogenated alkanes) is 33. The molecule has 1 aliphatic rings. The summed E-state index contributed by atoms with van der Waals surface area (Å²) in [5, 5.41) is 0. The first-order chi connectivity index (χ1) is 34.4. The summed E-state index contributed by atoms with van der Waals surface area (Å²) in [4.78, 5) is 0. The molecule has 0 saturated heterocycles. The van der Waals surface area contributed by atoms with Gasteiger partial charge in [-0.15, -0.1) is 0 Å². The SMILES string of the molecule is CCCCC1=C(c2cc(CC)cc(CCCC)c2)[N+](=[N-])C(c2cc(CC)cc(CCCC)c2)=C1.[CH2-]CCCCCCCCCCCCCCCCC.[CH2-]CCCCCCCCCCCCCCCCC.[Pd+2]. The van der Waals surface area contributed by atoms with Crippen LogP contribution in [0.5, 0.6) is 0 Å². The van der Waals surface area contributed by atoms with Gasteiger partial charge in [-0.2, -0.15) is 12.8 Å². The maximum atomic E-state index is 11.6. The van der Waals surface area contributed by atoms with Gasteiger partial charge in [-0.3, -0.25) is 0 Å².